The van der Waals surface area contributed by atoms with Crippen LogP contribution in [0.15, 0.2) is 36.4 Å². The van der Waals surface area contributed by atoms with Crippen LogP contribution in [0.1, 0.15) is 17.2 Å². The number of hydrogen-bond acceptors (Lipinski definition) is 4. The molecule has 2 aromatic rings. The molecule has 1 atom stereocenters. The first-order chi connectivity index (χ1) is 10.6. The van der Waals surface area contributed by atoms with Crippen LogP contribution in [0.5, 0.6) is 11.5 Å². The van der Waals surface area contributed by atoms with Crippen LogP contribution < -0.4 is 14.8 Å². The molecule has 2 N–H and O–H groups in total. The summed E-state index contributed by atoms with van der Waals surface area (Å²) in [4.78, 5) is 0. The van der Waals surface area contributed by atoms with Crippen LogP contribution in [0.2, 0.25) is 0 Å². The van der Waals surface area contributed by atoms with Crippen LogP contribution in [-0.4, -0.2) is 18.4 Å². The van der Waals surface area contributed by atoms with Crippen LogP contribution in [0, 0.1) is 11.6 Å². The van der Waals surface area contributed by atoms with Crippen molar-refractivity contribution in [3.8, 4) is 11.5 Å². The average molecular weight is 344 g/mol. The molecule has 1 heterocycles. The Bertz CT molecular complexity index is 684. The second-order valence-electron chi connectivity index (χ2n) is 4.97. The number of benzene rings is 2. The number of halogens is 3. The van der Waals surface area contributed by atoms with Crippen LogP contribution in [0.4, 0.5) is 8.78 Å². The molecule has 23 heavy (non-hydrogen) atoms. The van der Waals surface area contributed by atoms with Crippen molar-refractivity contribution in [2.24, 2.45) is 0 Å². The molecule has 0 bridgehead atoms. The van der Waals surface area contributed by atoms with Crippen molar-refractivity contribution in [1.82, 2.24) is 5.32 Å². The fraction of sp³-hybridized carbons (Fsp3) is 0.250. The van der Waals surface area contributed by atoms with E-state index in [1.54, 1.807) is 0 Å². The Labute approximate surface area is 138 Å². The van der Waals surface area contributed by atoms with E-state index in [4.69, 9.17) is 9.47 Å². The minimum Gasteiger partial charge on any atom is -0.454 e. The summed E-state index contributed by atoms with van der Waals surface area (Å²) < 4.78 is 36.7. The van der Waals surface area contributed by atoms with E-state index in [2.05, 4.69) is 5.32 Å². The van der Waals surface area contributed by atoms with E-state index < -0.39 is 17.7 Å². The lowest BCUT2D eigenvalue weighted by molar-refractivity contribution is 0.170. The largest absolute Gasteiger partial charge is 0.454 e. The van der Waals surface area contributed by atoms with Crippen LogP contribution >= 0.6 is 12.4 Å². The molecule has 1 aliphatic rings. The maximum Gasteiger partial charge on any atom is 0.231 e. The molecule has 2 aromatic carbocycles. The molecule has 0 amide bonds. The number of ether oxygens (including phenoxy) is 2. The molecule has 4 nitrogen and oxygen atoms in total. The van der Waals surface area contributed by atoms with Crippen molar-refractivity contribution in [3.63, 3.8) is 0 Å². The van der Waals surface area contributed by atoms with Gasteiger partial charge in [0.15, 0.2) is 23.1 Å². The van der Waals surface area contributed by atoms with E-state index in [1.807, 2.05) is 18.2 Å². The normalized spacial score (nSPS) is 13.5. The van der Waals surface area contributed by atoms with E-state index in [0.29, 0.717) is 23.6 Å². The summed E-state index contributed by atoms with van der Waals surface area (Å²) in [6.45, 7) is 0.868. The Balaban J connectivity index is 0.00000192. The van der Waals surface area contributed by atoms with E-state index in [-0.39, 0.29) is 25.7 Å². The minimum absolute atomic E-state index is 0. The molecule has 0 saturated carbocycles. The van der Waals surface area contributed by atoms with Crippen molar-refractivity contribution in [2.75, 3.05) is 13.3 Å². The summed E-state index contributed by atoms with van der Waals surface area (Å²) in [5, 5.41) is 13.1. The third kappa shape index (κ3) is 3.90. The Kier molecular flexibility index (Phi) is 5.76. The number of aliphatic hydroxyl groups excluding tert-OH is 1. The van der Waals surface area contributed by atoms with E-state index >= 15 is 0 Å². The Hall–Kier alpha value is -1.89. The quantitative estimate of drug-likeness (QED) is 0.876. The van der Waals surface area contributed by atoms with Gasteiger partial charge in [-0.1, -0.05) is 18.2 Å². The maximum absolute atomic E-state index is 13.1. The first-order valence-electron chi connectivity index (χ1n) is 6.86. The van der Waals surface area contributed by atoms with Crippen molar-refractivity contribution in [3.05, 3.63) is 59.2 Å². The predicted octanol–water partition coefficient (Wildman–Crippen LogP) is 2.94. The fourth-order valence-corrected chi connectivity index (χ4v) is 2.31. The van der Waals surface area contributed by atoms with Gasteiger partial charge in [0.25, 0.3) is 0 Å². The molecule has 0 aromatic heterocycles. The Morgan fingerprint density at radius 2 is 1.96 bits per heavy atom. The molecule has 1 aliphatic heterocycles. The van der Waals surface area contributed by atoms with Crippen LogP contribution in [-0.2, 0) is 6.54 Å². The summed E-state index contributed by atoms with van der Waals surface area (Å²) in [7, 11) is 0. The second-order valence-corrected chi connectivity index (χ2v) is 4.97. The molecular weight excluding hydrogens is 328 g/mol. The van der Waals surface area contributed by atoms with Crippen molar-refractivity contribution in [1.29, 1.82) is 0 Å². The molecule has 1 unspecified atom stereocenters. The fourth-order valence-electron chi connectivity index (χ4n) is 2.31. The van der Waals surface area contributed by atoms with Crippen molar-refractivity contribution >= 4 is 12.4 Å². The molecule has 3 rings (SSSR count). The second kappa shape index (κ2) is 7.59. The highest BCUT2D eigenvalue weighted by Gasteiger charge is 2.17. The van der Waals surface area contributed by atoms with Gasteiger partial charge in [-0.25, -0.2) is 8.78 Å². The van der Waals surface area contributed by atoms with E-state index in [0.717, 1.165) is 17.7 Å². The molecule has 0 saturated heterocycles. The molecular formula is C16H16ClF2NO3. The van der Waals surface area contributed by atoms with Crippen LogP contribution in [0.3, 0.4) is 0 Å². The first kappa shape index (κ1) is 17.5. The predicted molar refractivity (Wildman–Crippen MR) is 82.8 cm³/mol. The van der Waals surface area contributed by atoms with Gasteiger partial charge in [-0.3, -0.25) is 0 Å². The molecule has 0 aliphatic carbocycles. The monoisotopic (exact) mass is 343 g/mol. The number of fused-ring (bicyclic) bond motifs is 1. The van der Waals surface area contributed by atoms with E-state index in [1.165, 1.54) is 6.07 Å². The third-order valence-corrected chi connectivity index (χ3v) is 3.46. The zero-order valence-electron chi connectivity index (χ0n) is 12.1. The molecule has 7 heteroatoms. The lowest BCUT2D eigenvalue weighted by Crippen LogP contribution is -2.21. The lowest BCUT2D eigenvalue weighted by Gasteiger charge is -2.13. The molecule has 0 radical (unpaired) electrons. The van der Waals surface area contributed by atoms with Crippen molar-refractivity contribution in [2.45, 2.75) is 12.6 Å². The van der Waals surface area contributed by atoms with Gasteiger partial charge < -0.3 is 19.9 Å². The van der Waals surface area contributed by atoms with Crippen molar-refractivity contribution < 1.29 is 23.4 Å². The Morgan fingerprint density at radius 1 is 1.13 bits per heavy atom. The van der Waals surface area contributed by atoms with Gasteiger partial charge in [0.05, 0.1) is 6.10 Å². The zero-order chi connectivity index (χ0) is 15.5. The van der Waals surface area contributed by atoms with Gasteiger partial charge in [0, 0.05) is 18.7 Å². The molecule has 0 spiro atoms. The number of para-hydroxylation sites is 1. The van der Waals surface area contributed by atoms with Gasteiger partial charge in [-0.2, -0.15) is 0 Å². The van der Waals surface area contributed by atoms with Gasteiger partial charge in [-0.05, 0) is 23.8 Å². The minimum atomic E-state index is -0.969. The highest BCUT2D eigenvalue weighted by molar-refractivity contribution is 5.85. The standard InChI is InChI=1S/C16H15F2NO3.ClH/c17-12-5-4-10(6-13(12)18)14(20)8-19-7-11-2-1-3-15-16(11)22-9-21-15;/h1-6,14,19-20H,7-9H2;1H. The third-order valence-electron chi connectivity index (χ3n) is 3.46. The number of nitrogens with one attached hydrogen (secondary N) is 1. The number of hydrogen-bond donors (Lipinski definition) is 2. The SMILES string of the molecule is Cl.OC(CNCc1cccc2c1OCO2)c1ccc(F)c(F)c1. The summed E-state index contributed by atoms with van der Waals surface area (Å²) in [6, 6.07) is 8.94. The van der Waals surface area contributed by atoms with E-state index in [9.17, 15) is 13.9 Å². The maximum atomic E-state index is 13.1. The highest BCUT2D eigenvalue weighted by atomic mass is 35.5. The molecule has 0 fully saturated rings. The number of aliphatic hydroxyl groups is 1. The summed E-state index contributed by atoms with van der Waals surface area (Å²) >= 11 is 0. The zero-order valence-corrected chi connectivity index (χ0v) is 12.9. The Morgan fingerprint density at radius 3 is 2.74 bits per heavy atom. The summed E-state index contributed by atoms with van der Waals surface area (Å²) in [5.74, 6) is -0.512. The number of rotatable bonds is 5. The molecule has 124 valence electrons. The lowest BCUT2D eigenvalue weighted by atomic mass is 10.1. The average Bonchev–Trinajstić information content (AvgIpc) is 2.99. The van der Waals surface area contributed by atoms with Gasteiger partial charge >= 0.3 is 0 Å². The van der Waals surface area contributed by atoms with Gasteiger partial charge in [-0.15, -0.1) is 12.4 Å². The highest BCUT2D eigenvalue weighted by Crippen LogP contribution is 2.35. The summed E-state index contributed by atoms with van der Waals surface area (Å²) in [6.07, 6.45) is -0.927. The van der Waals surface area contributed by atoms with Crippen LogP contribution in [0.25, 0.3) is 0 Å². The first-order valence-corrected chi connectivity index (χ1v) is 6.86. The smallest absolute Gasteiger partial charge is 0.231 e. The topological polar surface area (TPSA) is 50.7 Å². The summed E-state index contributed by atoms with van der Waals surface area (Å²) in [5.41, 5.74) is 1.23. The van der Waals surface area contributed by atoms with Gasteiger partial charge in [0.1, 0.15) is 0 Å². The van der Waals surface area contributed by atoms with Gasteiger partial charge in [0.2, 0.25) is 6.79 Å².